The Morgan fingerprint density at radius 3 is 2.45 bits per heavy atom. The summed E-state index contributed by atoms with van der Waals surface area (Å²) in [5, 5.41) is 8.02. The molecule has 1 aliphatic rings. The van der Waals surface area contributed by atoms with Crippen LogP contribution in [0.25, 0.3) is 10.9 Å². The van der Waals surface area contributed by atoms with E-state index in [-0.39, 0.29) is 17.4 Å². The first-order valence-corrected chi connectivity index (χ1v) is 10.4. The number of benzene rings is 1. The van der Waals surface area contributed by atoms with Gasteiger partial charge >= 0.3 is 0 Å². The van der Waals surface area contributed by atoms with Crippen LogP contribution < -0.4 is 10.6 Å². The van der Waals surface area contributed by atoms with Crippen LogP contribution >= 0.6 is 0 Å². The van der Waals surface area contributed by atoms with E-state index in [4.69, 9.17) is 9.40 Å². The van der Waals surface area contributed by atoms with Gasteiger partial charge in [0.15, 0.2) is 5.76 Å². The maximum absolute atomic E-state index is 12.2. The number of pyridine rings is 1. The molecule has 0 atom stereocenters. The van der Waals surface area contributed by atoms with Gasteiger partial charge in [-0.15, -0.1) is 0 Å². The van der Waals surface area contributed by atoms with Crippen molar-refractivity contribution in [1.29, 1.82) is 0 Å². The number of aromatic nitrogens is 1. The summed E-state index contributed by atoms with van der Waals surface area (Å²) in [6, 6.07) is 14.5. The summed E-state index contributed by atoms with van der Waals surface area (Å²) in [6.07, 6.45) is 5.48. The second kappa shape index (κ2) is 7.90. The summed E-state index contributed by atoms with van der Waals surface area (Å²) in [5.41, 5.74) is 3.28. The van der Waals surface area contributed by atoms with Crippen molar-refractivity contribution in [2.75, 3.05) is 5.32 Å². The van der Waals surface area contributed by atoms with Crippen molar-refractivity contribution >= 4 is 22.5 Å². The molecule has 0 bridgehead atoms. The molecule has 5 heteroatoms. The Labute approximate surface area is 171 Å². The van der Waals surface area contributed by atoms with Gasteiger partial charge < -0.3 is 15.1 Å². The van der Waals surface area contributed by atoms with Gasteiger partial charge in [-0.25, -0.2) is 0 Å². The number of nitrogens with zero attached hydrogens (tertiary/aromatic N) is 1. The summed E-state index contributed by atoms with van der Waals surface area (Å²) >= 11 is 0. The van der Waals surface area contributed by atoms with E-state index in [2.05, 4.69) is 55.7 Å². The number of amides is 1. The highest BCUT2D eigenvalue weighted by atomic mass is 16.3. The van der Waals surface area contributed by atoms with Gasteiger partial charge in [0.05, 0.1) is 11.8 Å². The topological polar surface area (TPSA) is 67.2 Å². The fraction of sp³-hybridized carbons (Fsp3) is 0.417. The third-order valence-electron chi connectivity index (χ3n) is 5.65. The quantitative estimate of drug-likeness (QED) is 0.635. The highest BCUT2D eigenvalue weighted by Crippen LogP contribution is 2.31. The summed E-state index contributed by atoms with van der Waals surface area (Å²) in [5.74, 6) is 0.254. The van der Waals surface area contributed by atoms with E-state index >= 15 is 0 Å². The highest BCUT2D eigenvalue weighted by Gasteiger charge is 2.25. The van der Waals surface area contributed by atoms with Crippen molar-refractivity contribution in [1.82, 2.24) is 10.3 Å². The van der Waals surface area contributed by atoms with Crippen molar-refractivity contribution in [3.8, 4) is 0 Å². The second-order valence-corrected chi connectivity index (χ2v) is 8.97. The number of carbonyl (C=O) groups is 1. The number of para-hydroxylation sites is 1. The average molecular weight is 392 g/mol. The summed E-state index contributed by atoms with van der Waals surface area (Å²) in [6.45, 7) is 6.59. The largest absolute Gasteiger partial charge is 0.459 e. The van der Waals surface area contributed by atoms with E-state index in [1.807, 2.05) is 6.07 Å². The molecule has 4 rings (SSSR count). The Bertz CT molecular complexity index is 981. The lowest BCUT2D eigenvalue weighted by Crippen LogP contribution is -2.40. The molecule has 152 valence electrons. The molecule has 3 aromatic rings. The van der Waals surface area contributed by atoms with Gasteiger partial charge in [0.25, 0.3) is 5.91 Å². The molecule has 2 aromatic heterocycles. The minimum atomic E-state index is -0.124. The first kappa shape index (κ1) is 19.5. The Kier molecular flexibility index (Phi) is 5.31. The molecule has 1 aliphatic carbocycles. The van der Waals surface area contributed by atoms with Crippen molar-refractivity contribution < 1.29 is 9.21 Å². The van der Waals surface area contributed by atoms with Gasteiger partial charge in [-0.05, 0) is 49.9 Å². The van der Waals surface area contributed by atoms with E-state index < -0.39 is 0 Å². The number of hydrogen-bond acceptors (Lipinski definition) is 4. The maximum atomic E-state index is 12.2. The predicted molar refractivity (Wildman–Crippen MR) is 116 cm³/mol. The Morgan fingerprint density at radius 2 is 1.76 bits per heavy atom. The molecule has 2 N–H and O–H groups in total. The molecule has 1 amide bonds. The molecule has 0 aliphatic heterocycles. The first-order valence-electron chi connectivity index (χ1n) is 10.4. The van der Waals surface area contributed by atoms with Crippen molar-refractivity contribution in [3.05, 3.63) is 60.2 Å². The van der Waals surface area contributed by atoms with Crippen LogP contribution in [0.4, 0.5) is 5.69 Å². The fourth-order valence-corrected chi connectivity index (χ4v) is 3.95. The van der Waals surface area contributed by atoms with Crippen LogP contribution in [0.3, 0.4) is 0 Å². The lowest BCUT2D eigenvalue weighted by Gasteiger charge is -2.31. The normalized spacial score (nSPS) is 19.8. The van der Waals surface area contributed by atoms with Gasteiger partial charge in [-0.3, -0.25) is 9.78 Å². The molecule has 29 heavy (non-hydrogen) atoms. The van der Waals surface area contributed by atoms with Gasteiger partial charge in [0, 0.05) is 34.3 Å². The molecular formula is C24H29N3O2. The number of anilines is 1. The van der Waals surface area contributed by atoms with Crippen LogP contribution in [0.15, 0.2) is 53.1 Å². The van der Waals surface area contributed by atoms with E-state index in [9.17, 15) is 4.79 Å². The van der Waals surface area contributed by atoms with Crippen molar-refractivity contribution in [2.45, 2.75) is 64.0 Å². The number of fused-ring (bicyclic) bond motifs is 1. The van der Waals surface area contributed by atoms with Crippen LogP contribution in [0.1, 0.15) is 62.7 Å². The Morgan fingerprint density at radius 1 is 1.03 bits per heavy atom. The second-order valence-electron chi connectivity index (χ2n) is 8.97. The smallest absolute Gasteiger partial charge is 0.287 e. The highest BCUT2D eigenvalue weighted by molar-refractivity contribution is 5.92. The van der Waals surface area contributed by atoms with Crippen LogP contribution in [-0.4, -0.2) is 23.0 Å². The lowest BCUT2D eigenvalue weighted by molar-refractivity contribution is 0.0898. The van der Waals surface area contributed by atoms with Gasteiger partial charge in [0.1, 0.15) is 0 Å². The molecule has 0 saturated heterocycles. The van der Waals surface area contributed by atoms with E-state index in [1.165, 1.54) is 6.26 Å². The summed E-state index contributed by atoms with van der Waals surface area (Å²) < 4.78 is 5.19. The predicted octanol–water partition coefficient (Wildman–Crippen LogP) is 5.28. The third kappa shape index (κ3) is 4.44. The number of carbonyl (C=O) groups excluding carboxylic acids is 1. The summed E-state index contributed by atoms with van der Waals surface area (Å²) in [7, 11) is 0. The third-order valence-corrected chi connectivity index (χ3v) is 5.65. The molecule has 1 fully saturated rings. The van der Waals surface area contributed by atoms with Gasteiger partial charge in [0.2, 0.25) is 0 Å². The molecule has 2 heterocycles. The minimum Gasteiger partial charge on any atom is -0.459 e. The monoisotopic (exact) mass is 391 g/mol. The molecule has 0 spiro atoms. The fourth-order valence-electron chi connectivity index (χ4n) is 3.95. The molecule has 0 unspecified atom stereocenters. The number of furan rings is 1. The number of nitrogens with one attached hydrogen (secondary N) is 2. The van der Waals surface area contributed by atoms with Crippen LogP contribution in [0.5, 0.6) is 0 Å². The first-order chi connectivity index (χ1) is 13.9. The molecule has 1 saturated carbocycles. The van der Waals surface area contributed by atoms with E-state index in [0.29, 0.717) is 11.8 Å². The number of hydrogen-bond donors (Lipinski definition) is 2. The van der Waals surface area contributed by atoms with E-state index in [0.717, 1.165) is 48.0 Å². The van der Waals surface area contributed by atoms with Crippen molar-refractivity contribution in [3.63, 3.8) is 0 Å². The molecular weight excluding hydrogens is 362 g/mol. The zero-order chi connectivity index (χ0) is 20.4. The molecule has 5 nitrogen and oxygen atoms in total. The zero-order valence-electron chi connectivity index (χ0n) is 17.4. The summed E-state index contributed by atoms with van der Waals surface area (Å²) in [4.78, 5) is 17.1. The standard InChI is InChI=1S/C24H29N3O2/c1-24(2,3)22-15-20(18-7-4-5-8-19(18)27-22)25-16-10-12-17(13-11-16)26-23(28)21-9-6-14-29-21/h4-9,14-17H,10-13H2,1-3H3,(H,25,27)(H,26,28). The van der Waals surface area contributed by atoms with Crippen molar-refractivity contribution in [2.24, 2.45) is 0 Å². The Hall–Kier alpha value is -2.82. The van der Waals surface area contributed by atoms with Crippen LogP contribution in [0, 0.1) is 0 Å². The maximum Gasteiger partial charge on any atom is 0.287 e. The van der Waals surface area contributed by atoms with Gasteiger partial charge in [-0.1, -0.05) is 39.0 Å². The number of rotatable bonds is 4. The SMILES string of the molecule is CC(C)(C)c1cc(NC2CCC(NC(=O)c3ccco3)CC2)c2ccccc2n1. The minimum absolute atomic E-state index is 0.00570. The zero-order valence-corrected chi connectivity index (χ0v) is 17.4. The molecule has 0 radical (unpaired) electrons. The van der Waals surface area contributed by atoms with Crippen LogP contribution in [-0.2, 0) is 5.41 Å². The van der Waals surface area contributed by atoms with Crippen LogP contribution in [0.2, 0.25) is 0 Å². The Balaban J connectivity index is 1.44. The average Bonchev–Trinajstić information content (AvgIpc) is 3.24. The lowest BCUT2D eigenvalue weighted by atomic mass is 9.89. The van der Waals surface area contributed by atoms with Gasteiger partial charge in [-0.2, -0.15) is 0 Å². The molecule has 1 aromatic carbocycles. The van der Waals surface area contributed by atoms with E-state index in [1.54, 1.807) is 12.1 Å².